The third kappa shape index (κ3) is 4.26. The van der Waals surface area contributed by atoms with Gasteiger partial charge in [0.25, 0.3) is 5.91 Å². The number of aryl methyl sites for hydroxylation is 1. The van der Waals surface area contributed by atoms with Crippen LogP contribution in [0.25, 0.3) is 11.0 Å². The van der Waals surface area contributed by atoms with Gasteiger partial charge in [-0.05, 0) is 82.4 Å². The molecular formula is C25H32N4O. The van der Waals surface area contributed by atoms with Crippen molar-refractivity contribution < 1.29 is 4.79 Å². The minimum absolute atomic E-state index is 0.0848. The van der Waals surface area contributed by atoms with Gasteiger partial charge in [0.15, 0.2) is 0 Å². The summed E-state index contributed by atoms with van der Waals surface area (Å²) in [6.07, 6.45) is 2.52. The summed E-state index contributed by atoms with van der Waals surface area (Å²) in [6, 6.07) is 14.0. The molecule has 2 aromatic carbocycles. The number of hydrogen-bond donors (Lipinski definition) is 1. The molecule has 1 fully saturated rings. The largest absolute Gasteiger partial charge is 0.324 e. The minimum Gasteiger partial charge on any atom is -0.324 e. The monoisotopic (exact) mass is 404 g/mol. The quantitative estimate of drug-likeness (QED) is 0.618. The summed E-state index contributed by atoms with van der Waals surface area (Å²) in [4.78, 5) is 20.2. The summed E-state index contributed by atoms with van der Waals surface area (Å²) in [5.74, 6) is 1.85. The van der Waals surface area contributed by atoms with Crippen LogP contribution in [0, 0.1) is 12.8 Å². The van der Waals surface area contributed by atoms with Crippen LogP contribution in [0.2, 0.25) is 0 Å². The van der Waals surface area contributed by atoms with Gasteiger partial charge in [0.2, 0.25) is 0 Å². The number of hydrogen-bond acceptors (Lipinski definition) is 3. The molecule has 1 aromatic heterocycles. The molecule has 3 aromatic rings. The molecule has 0 unspecified atom stereocenters. The second kappa shape index (κ2) is 8.60. The molecule has 1 aliphatic rings. The molecule has 0 radical (unpaired) electrons. The van der Waals surface area contributed by atoms with Crippen LogP contribution >= 0.6 is 0 Å². The molecule has 0 atom stereocenters. The van der Waals surface area contributed by atoms with Crippen LogP contribution in [0.3, 0.4) is 0 Å². The molecule has 2 heterocycles. The molecule has 30 heavy (non-hydrogen) atoms. The lowest BCUT2D eigenvalue weighted by molar-refractivity contribution is 0.102. The van der Waals surface area contributed by atoms with E-state index in [4.69, 9.17) is 4.98 Å². The van der Waals surface area contributed by atoms with Gasteiger partial charge in [-0.2, -0.15) is 0 Å². The Labute approximate surface area is 179 Å². The van der Waals surface area contributed by atoms with Crippen molar-refractivity contribution in [3.63, 3.8) is 0 Å². The first-order valence-corrected chi connectivity index (χ1v) is 11.0. The Morgan fingerprint density at radius 3 is 2.60 bits per heavy atom. The Morgan fingerprint density at radius 2 is 1.90 bits per heavy atom. The zero-order valence-corrected chi connectivity index (χ0v) is 18.5. The van der Waals surface area contributed by atoms with Crippen molar-refractivity contribution in [2.24, 2.45) is 5.92 Å². The van der Waals surface area contributed by atoms with Gasteiger partial charge in [0.1, 0.15) is 5.82 Å². The molecule has 0 bridgehead atoms. The second-order valence-corrected chi connectivity index (χ2v) is 8.92. The number of imidazole rings is 1. The van der Waals surface area contributed by atoms with E-state index in [0.717, 1.165) is 53.7 Å². The second-order valence-electron chi connectivity index (χ2n) is 8.92. The van der Waals surface area contributed by atoms with Gasteiger partial charge < -0.3 is 9.88 Å². The van der Waals surface area contributed by atoms with E-state index in [0.29, 0.717) is 11.6 Å². The first kappa shape index (κ1) is 20.6. The van der Waals surface area contributed by atoms with Gasteiger partial charge >= 0.3 is 0 Å². The third-order valence-corrected chi connectivity index (χ3v) is 6.17. The van der Waals surface area contributed by atoms with Crippen LogP contribution in [-0.2, 0) is 6.54 Å². The molecule has 5 nitrogen and oxygen atoms in total. The highest BCUT2D eigenvalue weighted by molar-refractivity contribution is 6.05. The van der Waals surface area contributed by atoms with Gasteiger partial charge in [0, 0.05) is 17.3 Å². The lowest BCUT2D eigenvalue weighted by Gasteiger charge is -2.30. The number of anilines is 1. The number of carbonyl (C=O) groups is 1. The van der Waals surface area contributed by atoms with Crippen LogP contribution < -0.4 is 5.32 Å². The van der Waals surface area contributed by atoms with Crippen LogP contribution in [-0.4, -0.2) is 33.4 Å². The van der Waals surface area contributed by atoms with Crippen LogP contribution in [0.15, 0.2) is 42.5 Å². The molecule has 5 heteroatoms. The highest BCUT2D eigenvalue weighted by Gasteiger charge is 2.20. The van der Waals surface area contributed by atoms with E-state index in [-0.39, 0.29) is 5.91 Å². The average molecular weight is 405 g/mol. The summed E-state index contributed by atoms with van der Waals surface area (Å²) in [7, 11) is 0. The molecule has 0 aliphatic carbocycles. The molecule has 1 amide bonds. The predicted octanol–water partition coefficient (Wildman–Crippen LogP) is 5.41. The first-order valence-electron chi connectivity index (χ1n) is 11.0. The fraction of sp³-hybridized carbons (Fsp3) is 0.440. The minimum atomic E-state index is -0.0848. The molecule has 1 aliphatic heterocycles. The molecule has 0 spiro atoms. The molecule has 158 valence electrons. The van der Waals surface area contributed by atoms with Crippen molar-refractivity contribution in [2.75, 3.05) is 18.4 Å². The number of benzene rings is 2. The van der Waals surface area contributed by atoms with E-state index in [2.05, 4.69) is 41.6 Å². The fourth-order valence-electron chi connectivity index (χ4n) is 4.36. The Hall–Kier alpha value is -2.66. The van der Waals surface area contributed by atoms with E-state index in [1.165, 1.54) is 12.8 Å². The fourth-order valence-corrected chi connectivity index (χ4v) is 4.36. The number of fused-ring (bicyclic) bond motifs is 1. The van der Waals surface area contributed by atoms with E-state index >= 15 is 0 Å². The number of piperidine rings is 1. The molecule has 1 N–H and O–H groups in total. The van der Waals surface area contributed by atoms with Gasteiger partial charge in [0.05, 0.1) is 17.6 Å². The van der Waals surface area contributed by atoms with E-state index < -0.39 is 0 Å². The van der Waals surface area contributed by atoms with E-state index in [1.54, 1.807) is 0 Å². The third-order valence-electron chi connectivity index (χ3n) is 6.17. The maximum Gasteiger partial charge on any atom is 0.255 e. The SMILES string of the molecule is Cc1ccccc1C(=O)Nc1ccc2c(c1)nc(CN1CCC(C)CC1)n2C(C)C. The Bertz CT molecular complexity index is 1040. The topological polar surface area (TPSA) is 50.2 Å². The number of nitrogens with one attached hydrogen (secondary N) is 1. The number of carbonyl (C=O) groups excluding carboxylic acids is 1. The van der Waals surface area contributed by atoms with Crippen molar-refractivity contribution in [3.8, 4) is 0 Å². The normalized spacial score (nSPS) is 15.8. The zero-order valence-electron chi connectivity index (χ0n) is 18.5. The number of amides is 1. The highest BCUT2D eigenvalue weighted by atomic mass is 16.1. The van der Waals surface area contributed by atoms with E-state index in [1.807, 2.05) is 43.3 Å². The highest BCUT2D eigenvalue weighted by Crippen LogP contribution is 2.26. The van der Waals surface area contributed by atoms with Crippen molar-refractivity contribution >= 4 is 22.6 Å². The molecular weight excluding hydrogens is 372 g/mol. The summed E-state index contributed by atoms with van der Waals surface area (Å²) in [5, 5.41) is 3.04. The maximum atomic E-state index is 12.7. The maximum absolute atomic E-state index is 12.7. The number of nitrogens with zero attached hydrogens (tertiary/aromatic N) is 3. The first-order chi connectivity index (χ1) is 14.4. The van der Waals surface area contributed by atoms with E-state index in [9.17, 15) is 4.79 Å². The average Bonchev–Trinajstić information content (AvgIpc) is 3.07. The van der Waals surface area contributed by atoms with Crippen molar-refractivity contribution in [3.05, 3.63) is 59.4 Å². The van der Waals surface area contributed by atoms with Crippen LogP contribution in [0.1, 0.15) is 61.4 Å². The predicted molar refractivity (Wildman–Crippen MR) is 123 cm³/mol. The van der Waals surface area contributed by atoms with Crippen LogP contribution in [0.4, 0.5) is 5.69 Å². The van der Waals surface area contributed by atoms with Gasteiger partial charge in [-0.1, -0.05) is 25.1 Å². The standard InChI is InChI=1S/C25H32N4O/c1-17(2)29-23-10-9-20(26-25(30)21-8-6-5-7-19(21)4)15-22(23)27-24(29)16-28-13-11-18(3)12-14-28/h5-10,15,17-18H,11-14,16H2,1-4H3,(H,26,30). The van der Waals surface area contributed by atoms with Crippen molar-refractivity contribution in [1.29, 1.82) is 0 Å². The summed E-state index contributed by atoms with van der Waals surface area (Å²) in [5.41, 5.74) is 4.51. The molecule has 1 saturated heterocycles. The van der Waals surface area contributed by atoms with Gasteiger partial charge in [-0.25, -0.2) is 4.98 Å². The lowest BCUT2D eigenvalue weighted by Crippen LogP contribution is -2.33. The smallest absolute Gasteiger partial charge is 0.255 e. The Kier molecular flexibility index (Phi) is 5.91. The summed E-state index contributed by atoms with van der Waals surface area (Å²) < 4.78 is 2.33. The summed E-state index contributed by atoms with van der Waals surface area (Å²) in [6.45, 7) is 11.9. The number of rotatable bonds is 5. The van der Waals surface area contributed by atoms with Crippen LogP contribution in [0.5, 0.6) is 0 Å². The van der Waals surface area contributed by atoms with Crippen molar-refractivity contribution in [2.45, 2.75) is 53.1 Å². The Balaban J connectivity index is 1.59. The van der Waals surface area contributed by atoms with Gasteiger partial charge in [-0.15, -0.1) is 0 Å². The number of likely N-dealkylation sites (tertiary alicyclic amines) is 1. The zero-order chi connectivity index (χ0) is 21.3. The van der Waals surface area contributed by atoms with Crippen molar-refractivity contribution in [1.82, 2.24) is 14.5 Å². The number of aromatic nitrogens is 2. The molecule has 0 saturated carbocycles. The molecule has 4 rings (SSSR count). The lowest BCUT2D eigenvalue weighted by atomic mass is 9.99. The summed E-state index contributed by atoms with van der Waals surface area (Å²) >= 11 is 0. The Morgan fingerprint density at radius 1 is 1.17 bits per heavy atom. The van der Waals surface area contributed by atoms with Gasteiger partial charge in [-0.3, -0.25) is 9.69 Å².